The van der Waals surface area contributed by atoms with Gasteiger partial charge in [-0.25, -0.2) is 9.97 Å². The van der Waals surface area contributed by atoms with Gasteiger partial charge in [-0.1, -0.05) is 0 Å². The highest BCUT2D eigenvalue weighted by atomic mass is 16.5. The number of hydrogen-bond donors (Lipinski definition) is 1. The maximum atomic E-state index is 12.9. The molecule has 0 bridgehead atoms. The number of furan rings is 1. The summed E-state index contributed by atoms with van der Waals surface area (Å²) in [6.07, 6.45) is 3.68. The number of carbonyl (C=O) groups excluding carboxylic acids is 1. The zero-order valence-electron chi connectivity index (χ0n) is 18.2. The van der Waals surface area contributed by atoms with E-state index in [1.54, 1.807) is 25.4 Å². The number of carbonyl (C=O) groups is 1. The van der Waals surface area contributed by atoms with Crippen molar-refractivity contribution in [1.82, 2.24) is 19.3 Å². The summed E-state index contributed by atoms with van der Waals surface area (Å²) >= 11 is 0. The van der Waals surface area contributed by atoms with Crippen molar-refractivity contribution in [3.8, 4) is 5.75 Å². The Morgan fingerprint density at radius 3 is 2.88 bits per heavy atom. The predicted molar refractivity (Wildman–Crippen MR) is 121 cm³/mol. The van der Waals surface area contributed by atoms with Crippen LogP contribution in [0.25, 0.3) is 16.7 Å². The van der Waals surface area contributed by atoms with Crippen LogP contribution in [0.2, 0.25) is 0 Å². The van der Waals surface area contributed by atoms with Crippen molar-refractivity contribution in [2.24, 2.45) is 5.92 Å². The van der Waals surface area contributed by atoms with E-state index in [2.05, 4.69) is 27.1 Å². The van der Waals surface area contributed by atoms with E-state index < -0.39 is 0 Å². The molecule has 4 aromatic rings. The van der Waals surface area contributed by atoms with Crippen LogP contribution in [0.3, 0.4) is 0 Å². The Balaban J connectivity index is 1.25. The Morgan fingerprint density at radius 1 is 1.19 bits per heavy atom. The predicted octanol–water partition coefficient (Wildman–Crippen LogP) is 2.80. The molecule has 2 fully saturated rings. The molecule has 6 heterocycles. The lowest BCUT2D eigenvalue weighted by atomic mass is 9.92. The molecule has 0 aliphatic carbocycles. The molecule has 2 aliphatic heterocycles. The van der Waals surface area contributed by atoms with Gasteiger partial charge in [0.15, 0.2) is 22.7 Å². The minimum Gasteiger partial charge on any atom is -0.493 e. The van der Waals surface area contributed by atoms with Crippen LogP contribution in [0, 0.1) is 12.8 Å². The number of nitrogens with zero attached hydrogens (tertiary/aromatic N) is 5. The highest BCUT2D eigenvalue weighted by molar-refractivity contribution is 6.04. The number of aryl methyl sites for hydroxylation is 1. The van der Waals surface area contributed by atoms with E-state index in [1.165, 1.54) is 0 Å². The zero-order chi connectivity index (χ0) is 22.0. The Labute approximate surface area is 184 Å². The number of nitrogens with one attached hydrogen (secondary N) is 1. The van der Waals surface area contributed by atoms with E-state index in [0.29, 0.717) is 34.2 Å². The quantitative estimate of drug-likeness (QED) is 0.531. The Morgan fingerprint density at radius 2 is 2.06 bits per heavy atom. The van der Waals surface area contributed by atoms with Gasteiger partial charge < -0.3 is 28.7 Å². The lowest BCUT2D eigenvalue weighted by molar-refractivity contribution is 0.0998. The van der Waals surface area contributed by atoms with Crippen LogP contribution < -0.4 is 15.0 Å². The molecule has 2 atom stereocenters. The molecule has 9 nitrogen and oxygen atoms in total. The molecule has 6 rings (SSSR count). The molecule has 2 aliphatic rings. The molecule has 1 amide bonds. The zero-order valence-corrected chi connectivity index (χ0v) is 18.2. The van der Waals surface area contributed by atoms with Crippen LogP contribution >= 0.6 is 0 Å². The number of likely N-dealkylation sites (N-methyl/N-ethyl adjacent to an activating group) is 1. The number of anilines is 2. The summed E-state index contributed by atoms with van der Waals surface area (Å²) in [4.78, 5) is 26.8. The summed E-state index contributed by atoms with van der Waals surface area (Å²) in [5.74, 6) is 2.11. The molecule has 0 aromatic carbocycles. The minimum absolute atomic E-state index is 0.215. The van der Waals surface area contributed by atoms with Crippen LogP contribution in [0.15, 0.2) is 41.1 Å². The molecule has 4 aromatic heterocycles. The van der Waals surface area contributed by atoms with Crippen LogP contribution in [0.5, 0.6) is 5.75 Å². The smallest absolute Gasteiger partial charge is 0.291 e. The first-order valence-corrected chi connectivity index (χ1v) is 10.7. The maximum absolute atomic E-state index is 12.9. The standard InChI is InChI=1S/C23H24N6O3/c1-13-8-28-11-15(6-19(31-3)22(28)24-13)25-23(30)20-7-16-18(32-20)4-5-21(26-16)29-10-14-9-27(2)12-17(14)29/h4-8,11,14,17H,9-10,12H2,1-3H3,(H,25,30)/t14-,17-/m0/s1. The van der Waals surface area contributed by atoms with Crippen LogP contribution in [0.4, 0.5) is 11.5 Å². The van der Waals surface area contributed by atoms with Crippen molar-refractivity contribution in [2.45, 2.75) is 13.0 Å². The van der Waals surface area contributed by atoms with E-state index >= 15 is 0 Å². The minimum atomic E-state index is -0.343. The van der Waals surface area contributed by atoms with Crippen LogP contribution in [0.1, 0.15) is 16.2 Å². The topological polar surface area (TPSA) is 88.1 Å². The summed E-state index contributed by atoms with van der Waals surface area (Å²) in [6, 6.07) is 7.84. The lowest BCUT2D eigenvalue weighted by Crippen LogP contribution is -2.56. The number of amides is 1. The SMILES string of the molecule is COc1cc(NC(=O)c2cc3nc(N4C[C@@H]5CN(C)C[C@@H]54)ccc3o2)cn2cc(C)nc12. The summed E-state index contributed by atoms with van der Waals surface area (Å²) in [5.41, 5.74) is 3.43. The second-order valence-electron chi connectivity index (χ2n) is 8.73. The van der Waals surface area contributed by atoms with Gasteiger partial charge in [0.25, 0.3) is 5.91 Å². The van der Waals surface area contributed by atoms with Gasteiger partial charge in [-0.3, -0.25) is 4.79 Å². The molecule has 9 heteroatoms. The third kappa shape index (κ3) is 3.00. The number of methoxy groups -OCH3 is 1. The first-order valence-electron chi connectivity index (χ1n) is 10.7. The molecular formula is C23H24N6O3. The van der Waals surface area contributed by atoms with Crippen molar-refractivity contribution in [3.05, 3.63) is 48.1 Å². The van der Waals surface area contributed by atoms with E-state index in [1.807, 2.05) is 29.7 Å². The number of hydrogen-bond acceptors (Lipinski definition) is 7. The average molecular weight is 432 g/mol. The number of pyridine rings is 2. The molecule has 2 saturated heterocycles. The highest BCUT2D eigenvalue weighted by Gasteiger charge is 2.45. The van der Waals surface area contributed by atoms with Crippen LogP contribution in [-0.2, 0) is 0 Å². The van der Waals surface area contributed by atoms with Gasteiger partial charge in [0.05, 0.1) is 18.5 Å². The number of rotatable bonds is 4. The number of fused-ring (bicyclic) bond motifs is 3. The first kappa shape index (κ1) is 19.1. The first-order chi connectivity index (χ1) is 15.5. The van der Waals surface area contributed by atoms with Gasteiger partial charge in [-0.2, -0.15) is 0 Å². The van der Waals surface area contributed by atoms with Crippen molar-refractivity contribution in [3.63, 3.8) is 0 Å². The molecule has 1 N–H and O–H groups in total. The Hall–Kier alpha value is -3.59. The lowest BCUT2D eigenvalue weighted by Gasteiger charge is -2.44. The highest BCUT2D eigenvalue weighted by Crippen LogP contribution is 2.36. The number of imidazole rings is 1. The molecular weight excluding hydrogens is 408 g/mol. The Bertz CT molecular complexity index is 1360. The Kier molecular flexibility index (Phi) is 4.16. The summed E-state index contributed by atoms with van der Waals surface area (Å²) in [6.45, 7) is 5.14. The molecule has 0 radical (unpaired) electrons. The van der Waals surface area contributed by atoms with E-state index in [9.17, 15) is 4.79 Å². The number of likely N-dealkylation sites (tertiary alicyclic amines) is 1. The fourth-order valence-electron chi connectivity index (χ4n) is 4.90. The average Bonchev–Trinajstić information content (AvgIpc) is 3.43. The van der Waals surface area contributed by atoms with Gasteiger partial charge in [-0.15, -0.1) is 0 Å². The molecule has 0 spiro atoms. The second-order valence-corrected chi connectivity index (χ2v) is 8.73. The van der Waals surface area contributed by atoms with E-state index in [0.717, 1.165) is 37.1 Å². The fourth-order valence-corrected chi connectivity index (χ4v) is 4.90. The largest absolute Gasteiger partial charge is 0.493 e. The number of aromatic nitrogens is 3. The van der Waals surface area contributed by atoms with Crippen LogP contribution in [-0.4, -0.2) is 65.0 Å². The van der Waals surface area contributed by atoms with Crippen molar-refractivity contribution < 1.29 is 13.9 Å². The van der Waals surface area contributed by atoms with E-state index in [4.69, 9.17) is 14.1 Å². The monoisotopic (exact) mass is 432 g/mol. The third-order valence-electron chi connectivity index (χ3n) is 6.41. The second kappa shape index (κ2) is 6.96. The molecule has 0 unspecified atom stereocenters. The fraction of sp³-hybridized carbons (Fsp3) is 0.348. The maximum Gasteiger partial charge on any atom is 0.291 e. The normalized spacial score (nSPS) is 20.5. The van der Waals surface area contributed by atoms with Gasteiger partial charge in [0.1, 0.15) is 11.3 Å². The van der Waals surface area contributed by atoms with Gasteiger partial charge in [0, 0.05) is 56.1 Å². The van der Waals surface area contributed by atoms with Crippen molar-refractivity contribution in [2.75, 3.05) is 44.0 Å². The van der Waals surface area contributed by atoms with Gasteiger partial charge in [-0.05, 0) is 26.1 Å². The van der Waals surface area contributed by atoms with Crippen molar-refractivity contribution in [1.29, 1.82) is 0 Å². The molecule has 0 saturated carbocycles. The number of ether oxygens (including phenoxy) is 1. The van der Waals surface area contributed by atoms with E-state index in [-0.39, 0.29) is 11.7 Å². The van der Waals surface area contributed by atoms with Gasteiger partial charge >= 0.3 is 0 Å². The molecule has 32 heavy (non-hydrogen) atoms. The third-order valence-corrected chi connectivity index (χ3v) is 6.41. The van der Waals surface area contributed by atoms with Gasteiger partial charge in [0.2, 0.25) is 0 Å². The van der Waals surface area contributed by atoms with Crippen molar-refractivity contribution >= 4 is 34.2 Å². The summed E-state index contributed by atoms with van der Waals surface area (Å²) < 4.78 is 13.0. The molecule has 164 valence electrons. The summed E-state index contributed by atoms with van der Waals surface area (Å²) in [5, 5.41) is 2.89. The summed E-state index contributed by atoms with van der Waals surface area (Å²) in [7, 11) is 3.74.